The number of rotatable bonds is 5. The van der Waals surface area contributed by atoms with Gasteiger partial charge in [0.05, 0.1) is 0 Å². The summed E-state index contributed by atoms with van der Waals surface area (Å²) in [5.74, 6) is -2.82. The van der Waals surface area contributed by atoms with Gasteiger partial charge in [-0.3, -0.25) is 9.59 Å². The van der Waals surface area contributed by atoms with Crippen molar-refractivity contribution < 1.29 is 41.1 Å². The fourth-order valence-corrected chi connectivity index (χ4v) is 4.63. The smallest absolute Gasteiger partial charge is 0.418 e. The number of halogens is 6. The standard InChI is InChI=1S/C23H18BrF5N2O4/c1-12(23(27,28)29)30(10-13-2-5-15(25)6-3-13)19(32)11-31-20(33)22(35-21(31)34)9-18(26)16-8-14(24)4-7-17(16)22/h2-8,12,18H,9-11H2,1H3/t12-,18-,22+/m0/s1. The lowest BCUT2D eigenvalue weighted by molar-refractivity contribution is -0.187. The summed E-state index contributed by atoms with van der Waals surface area (Å²) < 4.78 is 74.2. The number of imide groups is 1. The van der Waals surface area contributed by atoms with Crippen LogP contribution in [0.1, 0.15) is 36.2 Å². The molecule has 186 valence electrons. The topological polar surface area (TPSA) is 66.9 Å². The van der Waals surface area contributed by atoms with Crippen LogP contribution in [-0.4, -0.2) is 46.5 Å². The number of nitrogens with zero attached hydrogens (tertiary/aromatic N) is 2. The second-order valence-corrected chi connectivity index (χ2v) is 9.27. The van der Waals surface area contributed by atoms with E-state index >= 15 is 0 Å². The number of hydrogen-bond donors (Lipinski definition) is 0. The average molecular weight is 561 g/mol. The molecule has 0 saturated carbocycles. The van der Waals surface area contributed by atoms with Gasteiger partial charge in [0.25, 0.3) is 5.91 Å². The Morgan fingerprint density at radius 1 is 1.23 bits per heavy atom. The minimum atomic E-state index is -4.81. The van der Waals surface area contributed by atoms with Crippen LogP contribution < -0.4 is 0 Å². The largest absolute Gasteiger partial charge is 0.427 e. The number of benzene rings is 2. The van der Waals surface area contributed by atoms with E-state index in [1.807, 2.05) is 0 Å². The van der Waals surface area contributed by atoms with Crippen LogP contribution in [0.5, 0.6) is 0 Å². The summed E-state index contributed by atoms with van der Waals surface area (Å²) in [5, 5.41) is 0. The molecule has 0 unspecified atom stereocenters. The van der Waals surface area contributed by atoms with Gasteiger partial charge in [-0.05, 0) is 42.3 Å². The van der Waals surface area contributed by atoms with Gasteiger partial charge in [0.15, 0.2) is 0 Å². The first-order chi connectivity index (χ1) is 16.3. The SMILES string of the molecule is C[C@H](N(Cc1ccc(F)cc1)C(=O)CN1C(=O)O[C@@]2(C[C@H](F)c3cc(Br)ccc32)C1=O)C(F)(F)F. The van der Waals surface area contributed by atoms with Crippen molar-refractivity contribution in [3.63, 3.8) is 0 Å². The molecule has 2 aliphatic rings. The Kier molecular flexibility index (Phi) is 6.37. The molecule has 1 aliphatic heterocycles. The van der Waals surface area contributed by atoms with Crippen molar-refractivity contribution in [2.75, 3.05) is 6.54 Å². The van der Waals surface area contributed by atoms with E-state index in [1.165, 1.54) is 30.3 Å². The predicted octanol–water partition coefficient (Wildman–Crippen LogP) is 5.16. The number of ether oxygens (including phenoxy) is 1. The molecule has 35 heavy (non-hydrogen) atoms. The summed E-state index contributed by atoms with van der Waals surface area (Å²) in [6.07, 6.45) is -8.21. The van der Waals surface area contributed by atoms with E-state index < -0.39 is 67.2 Å². The molecule has 0 bridgehead atoms. The Hall–Kier alpha value is -3.02. The van der Waals surface area contributed by atoms with E-state index in [4.69, 9.17) is 4.74 Å². The monoisotopic (exact) mass is 560 g/mol. The highest BCUT2D eigenvalue weighted by Gasteiger charge is 2.61. The van der Waals surface area contributed by atoms with Gasteiger partial charge >= 0.3 is 12.3 Å². The maximum absolute atomic E-state index is 14.7. The first kappa shape index (κ1) is 25.1. The molecular weight excluding hydrogens is 543 g/mol. The van der Waals surface area contributed by atoms with Crippen LogP contribution in [0.15, 0.2) is 46.9 Å². The Bertz CT molecular complexity index is 1190. The van der Waals surface area contributed by atoms with Gasteiger partial charge in [-0.1, -0.05) is 34.1 Å². The lowest BCUT2D eigenvalue weighted by atomic mass is 9.95. The van der Waals surface area contributed by atoms with E-state index in [-0.39, 0.29) is 16.7 Å². The fourth-order valence-electron chi connectivity index (χ4n) is 4.25. The minimum Gasteiger partial charge on any atom is -0.427 e. The van der Waals surface area contributed by atoms with Crippen molar-refractivity contribution in [3.05, 3.63) is 69.4 Å². The molecule has 3 atom stereocenters. The van der Waals surface area contributed by atoms with Crippen LogP contribution >= 0.6 is 15.9 Å². The van der Waals surface area contributed by atoms with Gasteiger partial charge < -0.3 is 9.64 Å². The summed E-state index contributed by atoms with van der Waals surface area (Å²) in [7, 11) is 0. The molecular formula is C23H18BrF5N2O4. The molecule has 0 N–H and O–H groups in total. The zero-order chi connectivity index (χ0) is 25.7. The van der Waals surface area contributed by atoms with E-state index in [1.54, 1.807) is 0 Å². The number of carbonyl (C=O) groups excluding carboxylic acids is 3. The third-order valence-electron chi connectivity index (χ3n) is 6.15. The van der Waals surface area contributed by atoms with E-state index in [9.17, 15) is 36.3 Å². The molecule has 2 aromatic carbocycles. The summed E-state index contributed by atoms with van der Waals surface area (Å²) >= 11 is 3.20. The molecule has 1 fully saturated rings. The van der Waals surface area contributed by atoms with Gasteiger partial charge in [-0.25, -0.2) is 18.5 Å². The minimum absolute atomic E-state index is 0.119. The molecule has 0 radical (unpaired) electrons. The lowest BCUT2D eigenvalue weighted by Gasteiger charge is -2.31. The molecule has 0 aromatic heterocycles. The predicted molar refractivity (Wildman–Crippen MR) is 115 cm³/mol. The molecule has 3 amide bonds. The first-order valence-corrected chi connectivity index (χ1v) is 11.2. The highest BCUT2D eigenvalue weighted by Crippen LogP contribution is 2.51. The molecule has 1 spiro atoms. The molecule has 6 nitrogen and oxygen atoms in total. The van der Waals surface area contributed by atoms with E-state index in [2.05, 4.69) is 15.9 Å². The second-order valence-electron chi connectivity index (χ2n) is 8.36. The number of hydrogen-bond acceptors (Lipinski definition) is 4. The van der Waals surface area contributed by atoms with Gasteiger partial charge in [0, 0.05) is 23.0 Å². The molecule has 2 aromatic rings. The Morgan fingerprint density at radius 3 is 2.51 bits per heavy atom. The van der Waals surface area contributed by atoms with Gasteiger partial charge in [-0.2, -0.15) is 13.2 Å². The van der Waals surface area contributed by atoms with Gasteiger partial charge in [0.2, 0.25) is 11.5 Å². The van der Waals surface area contributed by atoms with Crippen LogP contribution in [0.4, 0.5) is 26.7 Å². The lowest BCUT2D eigenvalue weighted by Crippen LogP contribution is -2.51. The van der Waals surface area contributed by atoms with Gasteiger partial charge in [-0.15, -0.1) is 0 Å². The Balaban J connectivity index is 1.60. The van der Waals surface area contributed by atoms with Crippen molar-refractivity contribution in [3.8, 4) is 0 Å². The zero-order valence-corrected chi connectivity index (χ0v) is 19.7. The van der Waals surface area contributed by atoms with Crippen molar-refractivity contribution in [2.24, 2.45) is 0 Å². The average Bonchev–Trinajstić information content (AvgIpc) is 3.19. The molecule has 4 rings (SSSR count). The van der Waals surface area contributed by atoms with Crippen molar-refractivity contribution in [1.29, 1.82) is 0 Å². The van der Waals surface area contributed by atoms with Crippen molar-refractivity contribution >= 4 is 33.8 Å². The number of carbonyl (C=O) groups is 3. The highest BCUT2D eigenvalue weighted by atomic mass is 79.9. The summed E-state index contributed by atoms with van der Waals surface area (Å²) in [6, 6.07) is 6.62. The molecule has 1 heterocycles. The van der Waals surface area contributed by atoms with E-state index in [0.29, 0.717) is 14.3 Å². The zero-order valence-electron chi connectivity index (χ0n) is 18.1. The summed E-state index contributed by atoms with van der Waals surface area (Å²) in [5.41, 5.74) is -1.53. The normalized spacial score (nSPS) is 22.4. The summed E-state index contributed by atoms with van der Waals surface area (Å²) in [6.45, 7) is -0.832. The fraction of sp³-hybridized carbons (Fsp3) is 0.348. The van der Waals surface area contributed by atoms with Crippen LogP contribution in [0, 0.1) is 5.82 Å². The number of fused-ring (bicyclic) bond motifs is 2. The van der Waals surface area contributed by atoms with E-state index in [0.717, 1.165) is 19.1 Å². The highest BCUT2D eigenvalue weighted by molar-refractivity contribution is 9.10. The Labute approximate surface area is 204 Å². The third-order valence-corrected chi connectivity index (χ3v) is 6.64. The van der Waals surface area contributed by atoms with Crippen LogP contribution in [0.3, 0.4) is 0 Å². The number of alkyl halides is 4. The van der Waals surface area contributed by atoms with Crippen LogP contribution in [0.2, 0.25) is 0 Å². The van der Waals surface area contributed by atoms with Crippen LogP contribution in [-0.2, 0) is 26.5 Å². The van der Waals surface area contributed by atoms with Crippen molar-refractivity contribution in [2.45, 2.75) is 43.9 Å². The Morgan fingerprint density at radius 2 is 1.89 bits per heavy atom. The summed E-state index contributed by atoms with van der Waals surface area (Å²) in [4.78, 5) is 39.6. The first-order valence-electron chi connectivity index (χ1n) is 10.4. The van der Waals surface area contributed by atoms with Gasteiger partial charge in [0.1, 0.15) is 24.6 Å². The number of amides is 3. The maximum atomic E-state index is 14.7. The second kappa shape index (κ2) is 8.89. The molecule has 1 aliphatic carbocycles. The van der Waals surface area contributed by atoms with Crippen molar-refractivity contribution in [1.82, 2.24) is 9.80 Å². The van der Waals surface area contributed by atoms with Crippen LogP contribution in [0.25, 0.3) is 0 Å². The molecule has 12 heteroatoms. The molecule has 1 saturated heterocycles. The third kappa shape index (κ3) is 4.51. The quantitative estimate of drug-likeness (QED) is 0.474. The maximum Gasteiger partial charge on any atom is 0.418 e.